The van der Waals surface area contributed by atoms with Crippen LogP contribution >= 0.6 is 0 Å². The summed E-state index contributed by atoms with van der Waals surface area (Å²) >= 11 is 0. The SMILES string of the molecule is COc1ccccc1CC(C)NCC1CC1C. The number of para-hydroxylation sites is 1. The molecule has 17 heavy (non-hydrogen) atoms. The second-order valence-corrected chi connectivity index (χ2v) is 5.30. The first-order valence-corrected chi connectivity index (χ1v) is 6.56. The van der Waals surface area contributed by atoms with E-state index < -0.39 is 0 Å². The lowest BCUT2D eigenvalue weighted by Crippen LogP contribution is -2.30. The van der Waals surface area contributed by atoms with Crippen molar-refractivity contribution in [2.75, 3.05) is 13.7 Å². The van der Waals surface area contributed by atoms with Gasteiger partial charge in [-0.2, -0.15) is 0 Å². The van der Waals surface area contributed by atoms with Gasteiger partial charge in [0, 0.05) is 6.04 Å². The smallest absolute Gasteiger partial charge is 0.122 e. The van der Waals surface area contributed by atoms with E-state index in [0.29, 0.717) is 6.04 Å². The third-order valence-corrected chi connectivity index (χ3v) is 3.72. The molecule has 1 aliphatic rings. The summed E-state index contributed by atoms with van der Waals surface area (Å²) in [6, 6.07) is 8.79. The van der Waals surface area contributed by atoms with Crippen molar-refractivity contribution in [3.8, 4) is 5.75 Å². The zero-order chi connectivity index (χ0) is 12.3. The summed E-state index contributed by atoms with van der Waals surface area (Å²) in [5, 5.41) is 3.62. The van der Waals surface area contributed by atoms with E-state index in [1.165, 1.54) is 12.0 Å². The molecule has 0 saturated heterocycles. The van der Waals surface area contributed by atoms with Crippen LogP contribution in [0.1, 0.15) is 25.8 Å². The van der Waals surface area contributed by atoms with Crippen LogP contribution < -0.4 is 10.1 Å². The molecule has 94 valence electrons. The van der Waals surface area contributed by atoms with Gasteiger partial charge in [0.25, 0.3) is 0 Å². The summed E-state index contributed by atoms with van der Waals surface area (Å²) in [5.41, 5.74) is 1.29. The minimum atomic E-state index is 0.513. The Morgan fingerprint density at radius 2 is 2.12 bits per heavy atom. The number of hydrogen-bond donors (Lipinski definition) is 1. The zero-order valence-corrected chi connectivity index (χ0v) is 11.1. The van der Waals surface area contributed by atoms with Crippen molar-refractivity contribution in [3.63, 3.8) is 0 Å². The summed E-state index contributed by atoms with van der Waals surface area (Å²) < 4.78 is 5.37. The van der Waals surface area contributed by atoms with Crippen molar-refractivity contribution in [2.45, 2.75) is 32.7 Å². The molecule has 1 fully saturated rings. The molecule has 3 unspecified atom stereocenters. The minimum Gasteiger partial charge on any atom is -0.496 e. The van der Waals surface area contributed by atoms with Gasteiger partial charge in [-0.15, -0.1) is 0 Å². The molecule has 0 bridgehead atoms. The van der Waals surface area contributed by atoms with Crippen LogP contribution in [0.5, 0.6) is 5.75 Å². The Kier molecular flexibility index (Phi) is 4.06. The predicted octanol–water partition coefficient (Wildman–Crippen LogP) is 2.87. The topological polar surface area (TPSA) is 21.3 Å². The summed E-state index contributed by atoms with van der Waals surface area (Å²) in [7, 11) is 1.74. The van der Waals surface area contributed by atoms with Crippen LogP contribution in [0.4, 0.5) is 0 Å². The van der Waals surface area contributed by atoms with E-state index in [0.717, 1.165) is 30.6 Å². The van der Waals surface area contributed by atoms with Gasteiger partial charge in [-0.1, -0.05) is 25.1 Å². The fraction of sp³-hybridized carbons (Fsp3) is 0.600. The molecule has 1 saturated carbocycles. The minimum absolute atomic E-state index is 0.513. The quantitative estimate of drug-likeness (QED) is 0.815. The van der Waals surface area contributed by atoms with E-state index >= 15 is 0 Å². The molecule has 0 aliphatic heterocycles. The van der Waals surface area contributed by atoms with Gasteiger partial charge in [-0.3, -0.25) is 0 Å². The second kappa shape index (κ2) is 5.54. The second-order valence-electron chi connectivity index (χ2n) is 5.30. The largest absolute Gasteiger partial charge is 0.496 e. The monoisotopic (exact) mass is 233 g/mol. The van der Waals surface area contributed by atoms with E-state index in [2.05, 4.69) is 31.3 Å². The normalized spacial score (nSPS) is 24.4. The van der Waals surface area contributed by atoms with E-state index in [-0.39, 0.29) is 0 Å². The van der Waals surface area contributed by atoms with Crippen LogP contribution in [0.3, 0.4) is 0 Å². The molecule has 3 atom stereocenters. The van der Waals surface area contributed by atoms with Crippen molar-refractivity contribution in [1.82, 2.24) is 5.32 Å². The molecule has 0 aromatic heterocycles. The van der Waals surface area contributed by atoms with Crippen LogP contribution in [0.2, 0.25) is 0 Å². The lowest BCUT2D eigenvalue weighted by atomic mass is 10.1. The Labute approximate surface area is 104 Å². The maximum atomic E-state index is 5.37. The Hall–Kier alpha value is -1.02. The number of methoxy groups -OCH3 is 1. The van der Waals surface area contributed by atoms with Gasteiger partial charge in [0.1, 0.15) is 5.75 Å². The fourth-order valence-electron chi connectivity index (χ4n) is 2.31. The average molecular weight is 233 g/mol. The Morgan fingerprint density at radius 3 is 2.76 bits per heavy atom. The highest BCUT2D eigenvalue weighted by Crippen LogP contribution is 2.36. The van der Waals surface area contributed by atoms with Gasteiger partial charge in [-0.25, -0.2) is 0 Å². The van der Waals surface area contributed by atoms with Gasteiger partial charge >= 0.3 is 0 Å². The molecule has 1 N–H and O–H groups in total. The molecule has 2 nitrogen and oxygen atoms in total. The number of benzene rings is 1. The van der Waals surface area contributed by atoms with Crippen molar-refractivity contribution in [1.29, 1.82) is 0 Å². The summed E-state index contributed by atoms with van der Waals surface area (Å²) in [4.78, 5) is 0. The summed E-state index contributed by atoms with van der Waals surface area (Å²) in [6.45, 7) is 5.74. The first-order chi connectivity index (χ1) is 8.20. The predicted molar refractivity (Wildman–Crippen MR) is 71.4 cm³/mol. The zero-order valence-electron chi connectivity index (χ0n) is 11.1. The first-order valence-electron chi connectivity index (χ1n) is 6.56. The van der Waals surface area contributed by atoms with Crippen LogP contribution in [0.25, 0.3) is 0 Å². The molecule has 0 radical (unpaired) electrons. The first kappa shape index (κ1) is 12.4. The number of nitrogens with one attached hydrogen (secondary N) is 1. The van der Waals surface area contributed by atoms with Crippen LogP contribution in [-0.4, -0.2) is 19.7 Å². The Balaban J connectivity index is 1.82. The van der Waals surface area contributed by atoms with E-state index in [1.807, 2.05) is 12.1 Å². The molecular formula is C15H23NO. The van der Waals surface area contributed by atoms with Gasteiger partial charge in [-0.05, 0) is 49.8 Å². The van der Waals surface area contributed by atoms with Gasteiger partial charge in [0.15, 0.2) is 0 Å². The maximum Gasteiger partial charge on any atom is 0.122 e. The number of rotatable bonds is 6. The highest BCUT2D eigenvalue weighted by molar-refractivity contribution is 5.33. The standard InChI is InChI=1S/C15H23NO/c1-11-8-14(11)10-16-12(2)9-13-6-4-5-7-15(13)17-3/h4-7,11-12,14,16H,8-10H2,1-3H3. The lowest BCUT2D eigenvalue weighted by Gasteiger charge is -2.15. The van der Waals surface area contributed by atoms with Crippen molar-refractivity contribution >= 4 is 0 Å². The molecule has 0 heterocycles. The van der Waals surface area contributed by atoms with Gasteiger partial charge < -0.3 is 10.1 Å². The Morgan fingerprint density at radius 1 is 1.41 bits per heavy atom. The van der Waals surface area contributed by atoms with E-state index in [4.69, 9.17) is 4.74 Å². The van der Waals surface area contributed by atoms with Crippen molar-refractivity contribution in [3.05, 3.63) is 29.8 Å². The fourth-order valence-corrected chi connectivity index (χ4v) is 2.31. The molecule has 1 aromatic rings. The van der Waals surface area contributed by atoms with Gasteiger partial charge in [0.2, 0.25) is 0 Å². The third-order valence-electron chi connectivity index (χ3n) is 3.72. The lowest BCUT2D eigenvalue weighted by molar-refractivity contribution is 0.405. The highest BCUT2D eigenvalue weighted by Gasteiger charge is 2.32. The maximum absolute atomic E-state index is 5.37. The van der Waals surface area contributed by atoms with Crippen LogP contribution in [-0.2, 0) is 6.42 Å². The molecule has 0 amide bonds. The summed E-state index contributed by atoms with van der Waals surface area (Å²) in [5.74, 6) is 2.84. The average Bonchev–Trinajstić information content (AvgIpc) is 3.03. The van der Waals surface area contributed by atoms with Gasteiger partial charge in [0.05, 0.1) is 7.11 Å². The third kappa shape index (κ3) is 3.47. The van der Waals surface area contributed by atoms with Crippen molar-refractivity contribution in [2.24, 2.45) is 11.8 Å². The molecular weight excluding hydrogens is 210 g/mol. The molecule has 1 aromatic carbocycles. The van der Waals surface area contributed by atoms with E-state index in [1.54, 1.807) is 7.11 Å². The molecule has 1 aliphatic carbocycles. The number of ether oxygens (including phenoxy) is 1. The Bertz CT molecular complexity index is 364. The molecule has 0 spiro atoms. The van der Waals surface area contributed by atoms with E-state index in [9.17, 15) is 0 Å². The summed E-state index contributed by atoms with van der Waals surface area (Å²) in [6.07, 6.45) is 2.43. The molecule has 2 rings (SSSR count). The van der Waals surface area contributed by atoms with Crippen LogP contribution in [0, 0.1) is 11.8 Å². The highest BCUT2D eigenvalue weighted by atomic mass is 16.5. The van der Waals surface area contributed by atoms with Crippen LogP contribution in [0.15, 0.2) is 24.3 Å². The molecule has 2 heteroatoms. The van der Waals surface area contributed by atoms with Crippen molar-refractivity contribution < 1.29 is 4.74 Å². The number of hydrogen-bond acceptors (Lipinski definition) is 2.